The molecular formula is C9H18N2. The topological polar surface area (TPSA) is 17.8 Å². The molecule has 1 heterocycles. The minimum absolute atomic E-state index is 1.07. The molecule has 0 fully saturated rings. The number of hydrogen-bond acceptors (Lipinski definition) is 1. The summed E-state index contributed by atoms with van der Waals surface area (Å²) in [6, 6.07) is 0. The van der Waals surface area contributed by atoms with Gasteiger partial charge in [0, 0.05) is 12.7 Å². The van der Waals surface area contributed by atoms with Gasteiger partial charge in [0.25, 0.3) is 0 Å². The summed E-state index contributed by atoms with van der Waals surface area (Å²) in [5.41, 5.74) is 2.62. The summed E-state index contributed by atoms with van der Waals surface area (Å²) in [5, 5.41) is 4.10. The van der Waals surface area contributed by atoms with Gasteiger partial charge in [0.2, 0.25) is 0 Å². The van der Waals surface area contributed by atoms with Crippen LogP contribution in [0.4, 0.5) is 0 Å². The maximum Gasteiger partial charge on any atom is 0.0521 e. The second-order valence-corrected chi connectivity index (χ2v) is 2.25. The average molecular weight is 154 g/mol. The molecule has 1 aromatic rings. The van der Waals surface area contributed by atoms with Crippen LogP contribution >= 0.6 is 0 Å². The summed E-state index contributed by atoms with van der Waals surface area (Å²) in [7, 11) is 1.98. The molecule has 1 aromatic heterocycles. The second kappa shape index (κ2) is 4.94. The molecule has 11 heavy (non-hydrogen) atoms. The van der Waals surface area contributed by atoms with Crippen LogP contribution in [0.2, 0.25) is 0 Å². The van der Waals surface area contributed by atoms with Gasteiger partial charge in [-0.05, 0) is 18.9 Å². The number of rotatable bonds is 1. The first-order valence-electron chi connectivity index (χ1n) is 4.23. The van der Waals surface area contributed by atoms with Crippen LogP contribution in [0, 0.1) is 6.92 Å². The number of aryl methyl sites for hydroxylation is 2. The molecule has 0 aliphatic heterocycles. The normalized spacial score (nSPS) is 8.82. The van der Waals surface area contributed by atoms with Gasteiger partial charge in [-0.15, -0.1) is 0 Å². The van der Waals surface area contributed by atoms with Crippen molar-refractivity contribution in [3.8, 4) is 0 Å². The van der Waals surface area contributed by atoms with Gasteiger partial charge < -0.3 is 0 Å². The van der Waals surface area contributed by atoms with E-state index in [1.54, 1.807) is 0 Å². The first-order chi connectivity index (χ1) is 5.25. The molecule has 0 N–H and O–H groups in total. The number of nitrogens with zero attached hydrogens (tertiary/aromatic N) is 2. The maximum atomic E-state index is 4.10. The molecule has 0 aromatic carbocycles. The Kier molecular flexibility index (Phi) is 4.59. The van der Waals surface area contributed by atoms with Gasteiger partial charge in [-0.25, -0.2) is 0 Å². The average Bonchev–Trinajstić information content (AvgIpc) is 2.35. The van der Waals surface area contributed by atoms with Gasteiger partial charge in [0.05, 0.1) is 6.20 Å². The Morgan fingerprint density at radius 2 is 2.00 bits per heavy atom. The molecule has 0 bridgehead atoms. The molecule has 2 heteroatoms. The minimum atomic E-state index is 1.07. The van der Waals surface area contributed by atoms with E-state index in [9.17, 15) is 0 Å². The Morgan fingerprint density at radius 1 is 1.45 bits per heavy atom. The molecule has 0 aliphatic rings. The monoisotopic (exact) mass is 154 g/mol. The summed E-state index contributed by atoms with van der Waals surface area (Å²) < 4.78 is 1.93. The van der Waals surface area contributed by atoms with E-state index < -0.39 is 0 Å². The van der Waals surface area contributed by atoms with Crippen molar-refractivity contribution in [1.82, 2.24) is 9.78 Å². The van der Waals surface area contributed by atoms with Gasteiger partial charge in [-0.2, -0.15) is 5.10 Å². The molecular weight excluding hydrogens is 136 g/mol. The van der Waals surface area contributed by atoms with Crippen LogP contribution in [-0.4, -0.2) is 9.78 Å². The van der Waals surface area contributed by atoms with Gasteiger partial charge in [0.1, 0.15) is 0 Å². The third-order valence-corrected chi connectivity index (χ3v) is 1.61. The molecule has 2 nitrogen and oxygen atoms in total. The van der Waals surface area contributed by atoms with Crippen LogP contribution in [0.3, 0.4) is 0 Å². The van der Waals surface area contributed by atoms with Crippen LogP contribution in [-0.2, 0) is 13.5 Å². The van der Waals surface area contributed by atoms with Crippen molar-refractivity contribution in [2.45, 2.75) is 34.1 Å². The molecule has 0 saturated heterocycles. The summed E-state index contributed by atoms with van der Waals surface area (Å²) in [4.78, 5) is 0. The predicted molar refractivity (Wildman–Crippen MR) is 48.7 cm³/mol. The molecule has 64 valence electrons. The highest BCUT2D eigenvalue weighted by molar-refractivity contribution is 5.14. The highest BCUT2D eigenvalue weighted by Crippen LogP contribution is 2.04. The smallest absolute Gasteiger partial charge is 0.0521 e. The quantitative estimate of drug-likeness (QED) is 0.607. The van der Waals surface area contributed by atoms with Gasteiger partial charge in [-0.3, -0.25) is 4.68 Å². The first-order valence-corrected chi connectivity index (χ1v) is 4.23. The lowest BCUT2D eigenvalue weighted by atomic mass is 10.2. The van der Waals surface area contributed by atoms with E-state index in [0.717, 1.165) is 6.42 Å². The zero-order chi connectivity index (χ0) is 8.85. The van der Waals surface area contributed by atoms with E-state index in [0.29, 0.717) is 0 Å². The highest BCUT2D eigenvalue weighted by Gasteiger charge is 1.98. The van der Waals surface area contributed by atoms with Crippen LogP contribution < -0.4 is 0 Å². The summed E-state index contributed by atoms with van der Waals surface area (Å²) in [6.07, 6.45) is 2.97. The number of aromatic nitrogens is 2. The number of hydrogen-bond donors (Lipinski definition) is 0. The third kappa shape index (κ3) is 2.37. The van der Waals surface area contributed by atoms with Gasteiger partial charge >= 0.3 is 0 Å². The predicted octanol–water partition coefficient (Wildman–Crippen LogP) is 2.32. The standard InChI is InChI=1S/C7H12N2.C2H6/c1-4-7-6(2)5-8-9(7)3;1-2/h5H,4H2,1-3H3;1-2H3. The molecule has 1 rings (SSSR count). The highest BCUT2D eigenvalue weighted by atomic mass is 15.3. The SMILES string of the molecule is CC.CCc1c(C)cnn1C. The largest absolute Gasteiger partial charge is 0.272 e. The second-order valence-electron chi connectivity index (χ2n) is 2.25. The summed E-state index contributed by atoms with van der Waals surface area (Å²) >= 11 is 0. The third-order valence-electron chi connectivity index (χ3n) is 1.61. The van der Waals surface area contributed by atoms with Crippen LogP contribution in [0.5, 0.6) is 0 Å². The first kappa shape index (κ1) is 10.2. The van der Waals surface area contributed by atoms with Crippen molar-refractivity contribution in [2.24, 2.45) is 7.05 Å². The molecule has 0 aliphatic carbocycles. The Morgan fingerprint density at radius 3 is 2.18 bits per heavy atom. The van der Waals surface area contributed by atoms with E-state index in [1.807, 2.05) is 31.8 Å². The summed E-state index contributed by atoms with van der Waals surface area (Å²) in [6.45, 7) is 8.23. The zero-order valence-corrected chi connectivity index (χ0v) is 8.18. The zero-order valence-electron chi connectivity index (χ0n) is 8.18. The van der Waals surface area contributed by atoms with Crippen molar-refractivity contribution in [3.63, 3.8) is 0 Å². The van der Waals surface area contributed by atoms with Crippen molar-refractivity contribution in [1.29, 1.82) is 0 Å². The summed E-state index contributed by atoms with van der Waals surface area (Å²) in [5.74, 6) is 0. The minimum Gasteiger partial charge on any atom is -0.272 e. The Balaban J connectivity index is 0.000000461. The van der Waals surface area contributed by atoms with Crippen molar-refractivity contribution < 1.29 is 0 Å². The van der Waals surface area contributed by atoms with Crippen LogP contribution in [0.15, 0.2) is 6.20 Å². The molecule has 0 saturated carbocycles. The van der Waals surface area contributed by atoms with Gasteiger partial charge in [-0.1, -0.05) is 20.8 Å². The Bertz CT molecular complexity index is 182. The lowest BCUT2D eigenvalue weighted by Crippen LogP contribution is -1.96. The lowest BCUT2D eigenvalue weighted by Gasteiger charge is -1.96. The van der Waals surface area contributed by atoms with E-state index >= 15 is 0 Å². The van der Waals surface area contributed by atoms with Crippen molar-refractivity contribution in [2.75, 3.05) is 0 Å². The van der Waals surface area contributed by atoms with Crippen molar-refractivity contribution in [3.05, 3.63) is 17.5 Å². The van der Waals surface area contributed by atoms with E-state index in [1.165, 1.54) is 11.3 Å². The molecule has 0 unspecified atom stereocenters. The van der Waals surface area contributed by atoms with Crippen LogP contribution in [0.25, 0.3) is 0 Å². The molecule has 0 radical (unpaired) electrons. The Hall–Kier alpha value is -0.790. The fourth-order valence-electron chi connectivity index (χ4n) is 1.08. The fourth-order valence-corrected chi connectivity index (χ4v) is 1.08. The lowest BCUT2D eigenvalue weighted by molar-refractivity contribution is 0.716. The van der Waals surface area contributed by atoms with Crippen molar-refractivity contribution >= 4 is 0 Å². The van der Waals surface area contributed by atoms with E-state index in [2.05, 4.69) is 18.9 Å². The van der Waals surface area contributed by atoms with Gasteiger partial charge in [0.15, 0.2) is 0 Å². The van der Waals surface area contributed by atoms with E-state index in [-0.39, 0.29) is 0 Å². The van der Waals surface area contributed by atoms with E-state index in [4.69, 9.17) is 0 Å². The maximum absolute atomic E-state index is 4.10. The molecule has 0 spiro atoms. The molecule has 0 amide bonds. The molecule has 0 atom stereocenters. The Labute approximate surface area is 69.2 Å². The van der Waals surface area contributed by atoms with Crippen LogP contribution in [0.1, 0.15) is 32.0 Å². The fraction of sp³-hybridized carbons (Fsp3) is 0.667.